The molecule has 5 heteroatoms. The molecule has 190 valence electrons. The lowest BCUT2D eigenvalue weighted by atomic mass is 10.1. The fraction of sp³-hybridized carbons (Fsp3) is 0.433. The SMILES string of the molecule is COc1c(OCC=C(C)CCC=C(C)C)c2c(OCC=C(C)CCC=C(C)C)cccc2oc1=O. The highest BCUT2D eigenvalue weighted by molar-refractivity contribution is 5.91. The summed E-state index contributed by atoms with van der Waals surface area (Å²) in [5, 5.41) is 0.593. The summed E-state index contributed by atoms with van der Waals surface area (Å²) in [4.78, 5) is 12.5. The Morgan fingerprint density at radius 2 is 1.37 bits per heavy atom. The van der Waals surface area contributed by atoms with Gasteiger partial charge in [0, 0.05) is 0 Å². The van der Waals surface area contributed by atoms with Crippen LogP contribution in [0.1, 0.15) is 67.2 Å². The van der Waals surface area contributed by atoms with Crippen molar-refractivity contribution < 1.29 is 18.6 Å². The fourth-order valence-corrected chi connectivity index (χ4v) is 3.53. The third kappa shape index (κ3) is 9.16. The summed E-state index contributed by atoms with van der Waals surface area (Å²) in [6.07, 6.45) is 12.5. The van der Waals surface area contributed by atoms with E-state index in [0.29, 0.717) is 35.7 Å². The lowest BCUT2D eigenvalue weighted by Gasteiger charge is -2.14. The molecular formula is C30H40O5. The molecule has 0 aliphatic carbocycles. The molecule has 2 aromatic rings. The van der Waals surface area contributed by atoms with Crippen molar-refractivity contribution >= 4 is 11.0 Å². The number of rotatable bonds is 13. The first-order valence-electron chi connectivity index (χ1n) is 12.2. The average molecular weight is 481 g/mol. The lowest BCUT2D eigenvalue weighted by molar-refractivity contribution is 0.312. The third-order valence-corrected chi connectivity index (χ3v) is 5.53. The molecule has 0 atom stereocenters. The zero-order valence-electron chi connectivity index (χ0n) is 22.3. The van der Waals surface area contributed by atoms with Crippen LogP contribution in [0.4, 0.5) is 0 Å². The van der Waals surface area contributed by atoms with Crippen LogP contribution in [-0.4, -0.2) is 20.3 Å². The van der Waals surface area contributed by atoms with E-state index < -0.39 is 5.63 Å². The minimum Gasteiger partial charge on any atom is -0.489 e. The molecule has 5 nitrogen and oxygen atoms in total. The molecule has 0 bridgehead atoms. The van der Waals surface area contributed by atoms with Crippen molar-refractivity contribution in [2.45, 2.75) is 67.2 Å². The molecule has 35 heavy (non-hydrogen) atoms. The fourth-order valence-electron chi connectivity index (χ4n) is 3.53. The van der Waals surface area contributed by atoms with Gasteiger partial charge in [-0.05, 0) is 91.5 Å². The van der Waals surface area contributed by atoms with Gasteiger partial charge < -0.3 is 18.6 Å². The molecule has 0 radical (unpaired) electrons. The Hall–Kier alpha value is -3.21. The standard InChI is InChI=1S/C30H40O5/c1-21(2)11-8-13-23(5)17-19-33-25-15-10-16-26-27(25)28(29(32-7)30(31)35-26)34-20-18-24(6)14-9-12-22(3)4/h10-12,15-18H,8-9,13-14,19-20H2,1-7H3. The number of hydrogen-bond acceptors (Lipinski definition) is 5. The molecule has 0 saturated carbocycles. The van der Waals surface area contributed by atoms with Gasteiger partial charge in [0.15, 0.2) is 5.75 Å². The summed E-state index contributed by atoms with van der Waals surface area (Å²) in [6, 6.07) is 5.38. The summed E-state index contributed by atoms with van der Waals surface area (Å²) in [6.45, 7) is 13.3. The minimum absolute atomic E-state index is 0.0394. The topological polar surface area (TPSA) is 57.9 Å². The van der Waals surface area contributed by atoms with Crippen molar-refractivity contribution in [1.82, 2.24) is 0 Å². The van der Waals surface area contributed by atoms with Gasteiger partial charge in [-0.3, -0.25) is 0 Å². The van der Waals surface area contributed by atoms with Crippen LogP contribution < -0.4 is 19.8 Å². The Labute approximate surface area is 209 Å². The van der Waals surface area contributed by atoms with Crippen molar-refractivity contribution in [3.63, 3.8) is 0 Å². The van der Waals surface area contributed by atoms with Crippen LogP contribution in [0.5, 0.6) is 17.2 Å². The molecule has 0 N–H and O–H groups in total. The first-order valence-corrected chi connectivity index (χ1v) is 12.2. The van der Waals surface area contributed by atoms with E-state index in [1.54, 1.807) is 12.1 Å². The molecule has 0 amide bonds. The highest BCUT2D eigenvalue weighted by atomic mass is 16.5. The Morgan fingerprint density at radius 3 is 1.91 bits per heavy atom. The van der Waals surface area contributed by atoms with Gasteiger partial charge in [-0.15, -0.1) is 0 Å². The lowest BCUT2D eigenvalue weighted by Crippen LogP contribution is -2.09. The van der Waals surface area contributed by atoms with Crippen LogP contribution in [-0.2, 0) is 0 Å². The third-order valence-electron chi connectivity index (χ3n) is 5.53. The molecule has 0 saturated heterocycles. The average Bonchev–Trinajstić information content (AvgIpc) is 2.78. The maximum Gasteiger partial charge on any atom is 0.383 e. The van der Waals surface area contributed by atoms with E-state index in [1.165, 1.54) is 29.4 Å². The van der Waals surface area contributed by atoms with E-state index in [4.69, 9.17) is 18.6 Å². The molecule has 1 aromatic carbocycles. The van der Waals surface area contributed by atoms with Gasteiger partial charge in [-0.2, -0.15) is 0 Å². The van der Waals surface area contributed by atoms with Crippen molar-refractivity contribution in [3.05, 3.63) is 75.2 Å². The second-order valence-corrected chi connectivity index (χ2v) is 9.24. The molecule has 0 spiro atoms. The summed E-state index contributed by atoms with van der Waals surface area (Å²) in [5.41, 5.74) is 4.94. The highest BCUT2D eigenvalue weighted by Crippen LogP contribution is 2.38. The first kappa shape index (κ1) is 28.0. The number of methoxy groups -OCH3 is 1. The largest absolute Gasteiger partial charge is 0.489 e. The molecule has 0 aliphatic heterocycles. The van der Waals surface area contributed by atoms with E-state index in [1.807, 2.05) is 12.1 Å². The minimum atomic E-state index is -0.577. The van der Waals surface area contributed by atoms with Gasteiger partial charge in [-0.1, -0.05) is 40.5 Å². The molecule has 2 rings (SSSR count). The van der Waals surface area contributed by atoms with Crippen LogP contribution in [0, 0.1) is 0 Å². The van der Waals surface area contributed by atoms with Crippen LogP contribution in [0.2, 0.25) is 0 Å². The number of hydrogen-bond donors (Lipinski definition) is 0. The smallest absolute Gasteiger partial charge is 0.383 e. The van der Waals surface area contributed by atoms with Crippen molar-refractivity contribution in [2.24, 2.45) is 0 Å². The summed E-state index contributed by atoms with van der Waals surface area (Å²) < 4.78 is 23.0. The van der Waals surface area contributed by atoms with E-state index in [0.717, 1.165) is 25.7 Å². The molecular weight excluding hydrogens is 440 g/mol. The molecule has 0 aliphatic rings. The van der Waals surface area contributed by atoms with Gasteiger partial charge in [0.05, 0.1) is 7.11 Å². The Balaban J connectivity index is 2.26. The first-order chi connectivity index (χ1) is 16.7. The van der Waals surface area contributed by atoms with Gasteiger partial charge >= 0.3 is 5.63 Å². The second-order valence-electron chi connectivity index (χ2n) is 9.24. The summed E-state index contributed by atoms with van der Waals surface area (Å²) in [5.74, 6) is 0.960. The van der Waals surface area contributed by atoms with Crippen LogP contribution >= 0.6 is 0 Å². The van der Waals surface area contributed by atoms with Crippen LogP contribution in [0.3, 0.4) is 0 Å². The van der Waals surface area contributed by atoms with E-state index in [9.17, 15) is 4.79 Å². The van der Waals surface area contributed by atoms with Gasteiger partial charge in [0.2, 0.25) is 5.75 Å². The van der Waals surface area contributed by atoms with Gasteiger partial charge in [0.25, 0.3) is 0 Å². The van der Waals surface area contributed by atoms with Crippen molar-refractivity contribution in [1.29, 1.82) is 0 Å². The molecule has 1 aromatic heterocycles. The van der Waals surface area contributed by atoms with Crippen LogP contribution in [0.15, 0.2) is 74.0 Å². The predicted molar refractivity (Wildman–Crippen MR) is 145 cm³/mol. The normalized spacial score (nSPS) is 11.9. The Bertz CT molecular complexity index is 1150. The summed E-state index contributed by atoms with van der Waals surface area (Å²) >= 11 is 0. The zero-order valence-corrected chi connectivity index (χ0v) is 22.3. The molecule has 0 fully saturated rings. The Kier molecular flexibility index (Phi) is 11.4. The second kappa shape index (κ2) is 14.2. The molecule has 1 heterocycles. The quantitative estimate of drug-likeness (QED) is 0.215. The number of ether oxygens (including phenoxy) is 3. The van der Waals surface area contributed by atoms with Gasteiger partial charge in [-0.25, -0.2) is 4.79 Å². The van der Waals surface area contributed by atoms with Crippen molar-refractivity contribution in [2.75, 3.05) is 20.3 Å². The Morgan fingerprint density at radius 1 is 0.800 bits per heavy atom. The monoisotopic (exact) mass is 480 g/mol. The van der Waals surface area contributed by atoms with E-state index in [2.05, 4.69) is 59.8 Å². The van der Waals surface area contributed by atoms with Crippen molar-refractivity contribution in [3.8, 4) is 17.2 Å². The van der Waals surface area contributed by atoms with E-state index in [-0.39, 0.29) is 5.75 Å². The summed E-state index contributed by atoms with van der Waals surface area (Å²) in [7, 11) is 1.44. The maximum atomic E-state index is 12.5. The van der Waals surface area contributed by atoms with Gasteiger partial charge in [0.1, 0.15) is 29.9 Å². The zero-order chi connectivity index (χ0) is 25.8. The maximum absolute atomic E-state index is 12.5. The highest BCUT2D eigenvalue weighted by Gasteiger charge is 2.20. The number of benzene rings is 1. The number of allylic oxidation sites excluding steroid dienone is 6. The van der Waals surface area contributed by atoms with E-state index >= 15 is 0 Å². The number of fused-ring (bicyclic) bond motifs is 1. The molecule has 0 unspecified atom stereocenters. The van der Waals surface area contributed by atoms with Crippen LogP contribution in [0.25, 0.3) is 11.0 Å². The predicted octanol–water partition coefficient (Wildman–Crippen LogP) is 7.94.